The van der Waals surface area contributed by atoms with Gasteiger partial charge in [0.05, 0.1) is 0 Å². The molecule has 1 atom stereocenters. The van der Waals surface area contributed by atoms with Crippen molar-refractivity contribution in [3.63, 3.8) is 0 Å². The molecule has 1 saturated heterocycles. The van der Waals surface area contributed by atoms with E-state index in [0.29, 0.717) is 36.8 Å². The first-order valence-corrected chi connectivity index (χ1v) is 8.81. The zero-order chi connectivity index (χ0) is 20.3. The van der Waals surface area contributed by atoms with Gasteiger partial charge in [-0.15, -0.1) is 0 Å². The minimum atomic E-state index is -1.03. The van der Waals surface area contributed by atoms with Gasteiger partial charge in [0.15, 0.2) is 18.1 Å². The average Bonchev–Trinajstić information content (AvgIpc) is 2.90. The van der Waals surface area contributed by atoms with Crippen molar-refractivity contribution in [1.29, 1.82) is 0 Å². The normalized spacial score (nSPS) is 20.6. The average molecular weight is 391 g/mol. The molecule has 3 rings (SSSR count). The Balaban J connectivity index is 1.49. The van der Waals surface area contributed by atoms with Gasteiger partial charge in [-0.2, -0.15) is 0 Å². The van der Waals surface area contributed by atoms with Crippen molar-refractivity contribution < 1.29 is 33.4 Å². The van der Waals surface area contributed by atoms with E-state index in [1.165, 1.54) is 0 Å². The van der Waals surface area contributed by atoms with Crippen LogP contribution in [0, 0.1) is 0 Å². The van der Waals surface area contributed by atoms with E-state index in [1.807, 2.05) is 0 Å². The second-order valence-corrected chi connectivity index (χ2v) is 6.57. The summed E-state index contributed by atoms with van der Waals surface area (Å²) in [5, 5.41) is 5.11. The van der Waals surface area contributed by atoms with Crippen LogP contribution in [-0.4, -0.2) is 60.6 Å². The fourth-order valence-electron chi connectivity index (χ4n) is 2.77. The van der Waals surface area contributed by atoms with Gasteiger partial charge in [0.1, 0.15) is 25.3 Å². The van der Waals surface area contributed by atoms with Gasteiger partial charge >= 0.3 is 12.0 Å². The molecule has 10 nitrogen and oxygen atoms in total. The van der Waals surface area contributed by atoms with E-state index in [1.54, 1.807) is 32.0 Å². The Morgan fingerprint density at radius 1 is 1.25 bits per heavy atom. The Kier molecular flexibility index (Phi) is 5.39. The molecule has 0 aliphatic carbocycles. The van der Waals surface area contributed by atoms with Crippen LogP contribution in [0.4, 0.5) is 10.5 Å². The Labute approximate surface area is 161 Å². The first-order valence-electron chi connectivity index (χ1n) is 8.81. The van der Waals surface area contributed by atoms with Crippen molar-refractivity contribution in [3.05, 3.63) is 18.2 Å². The molecule has 0 aromatic heterocycles. The fraction of sp³-hybridized carbons (Fsp3) is 0.444. The number of anilines is 1. The molecule has 2 aliphatic rings. The smallest absolute Gasteiger partial charge is 0.326 e. The van der Waals surface area contributed by atoms with E-state index >= 15 is 0 Å². The van der Waals surface area contributed by atoms with Crippen LogP contribution in [0.5, 0.6) is 11.5 Å². The minimum absolute atomic E-state index is 0.390. The van der Waals surface area contributed by atoms with Gasteiger partial charge < -0.3 is 24.8 Å². The lowest BCUT2D eigenvalue weighted by molar-refractivity contribution is -0.150. The standard InChI is InChI=1S/C18H21N3O7/c1-3-18(2)16(24)21(17(25)20-18)9-15(23)28-10-14(22)19-11-4-5-12-13(8-11)27-7-6-26-12/h4-5,8H,3,6-7,9-10H2,1-2H3,(H,19,22)(H,20,25)/t18-/m1/s1. The van der Waals surface area contributed by atoms with Crippen molar-refractivity contribution in [3.8, 4) is 11.5 Å². The second kappa shape index (κ2) is 7.75. The molecule has 28 heavy (non-hydrogen) atoms. The van der Waals surface area contributed by atoms with Crippen LogP contribution >= 0.6 is 0 Å². The van der Waals surface area contributed by atoms with Crippen molar-refractivity contribution in [2.24, 2.45) is 0 Å². The summed E-state index contributed by atoms with van der Waals surface area (Å²) < 4.78 is 15.7. The predicted octanol–water partition coefficient (Wildman–Crippen LogP) is 0.660. The Morgan fingerprint density at radius 3 is 2.64 bits per heavy atom. The maximum atomic E-state index is 12.2. The summed E-state index contributed by atoms with van der Waals surface area (Å²) in [4.78, 5) is 48.8. The Hall–Kier alpha value is -3.30. The quantitative estimate of drug-likeness (QED) is 0.539. The summed E-state index contributed by atoms with van der Waals surface area (Å²) in [6.45, 7) is 3.10. The maximum Gasteiger partial charge on any atom is 0.326 e. The summed E-state index contributed by atoms with van der Waals surface area (Å²) in [5.41, 5.74) is -0.578. The van der Waals surface area contributed by atoms with E-state index in [0.717, 1.165) is 4.90 Å². The van der Waals surface area contributed by atoms with Crippen LogP contribution in [0.15, 0.2) is 18.2 Å². The third-order valence-corrected chi connectivity index (χ3v) is 4.53. The maximum absolute atomic E-state index is 12.2. The highest BCUT2D eigenvalue weighted by atomic mass is 16.6. The zero-order valence-corrected chi connectivity index (χ0v) is 15.6. The number of imide groups is 1. The number of benzene rings is 1. The van der Waals surface area contributed by atoms with Gasteiger partial charge in [-0.1, -0.05) is 6.92 Å². The van der Waals surface area contributed by atoms with Gasteiger partial charge in [-0.25, -0.2) is 4.79 Å². The summed E-state index contributed by atoms with van der Waals surface area (Å²) in [7, 11) is 0. The molecule has 1 fully saturated rings. The van der Waals surface area contributed by atoms with Crippen LogP contribution in [0.25, 0.3) is 0 Å². The molecule has 0 bridgehead atoms. The second-order valence-electron chi connectivity index (χ2n) is 6.57. The van der Waals surface area contributed by atoms with Gasteiger partial charge in [0.25, 0.3) is 11.8 Å². The van der Waals surface area contributed by atoms with Gasteiger partial charge in [-0.3, -0.25) is 19.3 Å². The summed E-state index contributed by atoms with van der Waals surface area (Å²) in [5.74, 6) is -0.832. The molecule has 0 unspecified atom stereocenters. The Bertz CT molecular complexity index is 825. The number of carbonyl (C=O) groups excluding carboxylic acids is 4. The van der Waals surface area contributed by atoms with Crippen molar-refractivity contribution in [1.82, 2.24) is 10.2 Å². The minimum Gasteiger partial charge on any atom is -0.486 e. The number of nitrogens with one attached hydrogen (secondary N) is 2. The summed E-state index contributed by atoms with van der Waals surface area (Å²) >= 11 is 0. The topological polar surface area (TPSA) is 123 Å². The van der Waals surface area contributed by atoms with Crippen LogP contribution < -0.4 is 20.1 Å². The van der Waals surface area contributed by atoms with Crippen LogP contribution in [0.3, 0.4) is 0 Å². The first-order chi connectivity index (χ1) is 13.3. The van der Waals surface area contributed by atoms with E-state index in [9.17, 15) is 19.2 Å². The van der Waals surface area contributed by atoms with Crippen LogP contribution in [0.1, 0.15) is 20.3 Å². The SMILES string of the molecule is CC[C@@]1(C)NC(=O)N(CC(=O)OCC(=O)Nc2ccc3c(c2)OCCO3)C1=O. The highest BCUT2D eigenvalue weighted by Gasteiger charge is 2.47. The lowest BCUT2D eigenvalue weighted by atomic mass is 9.99. The fourth-order valence-corrected chi connectivity index (χ4v) is 2.77. The number of hydrogen-bond donors (Lipinski definition) is 2. The zero-order valence-electron chi connectivity index (χ0n) is 15.6. The Morgan fingerprint density at radius 2 is 1.96 bits per heavy atom. The summed E-state index contributed by atoms with van der Waals surface area (Å²) in [6, 6.07) is 4.24. The molecular formula is C18H21N3O7. The largest absolute Gasteiger partial charge is 0.486 e. The number of urea groups is 1. The number of fused-ring (bicyclic) bond motifs is 1. The van der Waals surface area contributed by atoms with E-state index in [4.69, 9.17) is 14.2 Å². The molecule has 150 valence electrons. The molecule has 10 heteroatoms. The van der Waals surface area contributed by atoms with Crippen molar-refractivity contribution >= 4 is 29.5 Å². The van der Waals surface area contributed by atoms with Crippen molar-refractivity contribution in [2.75, 3.05) is 31.7 Å². The highest BCUT2D eigenvalue weighted by Crippen LogP contribution is 2.32. The molecule has 2 aliphatic heterocycles. The number of amides is 4. The number of carbonyl (C=O) groups is 4. The number of ether oxygens (including phenoxy) is 3. The number of hydrogen-bond acceptors (Lipinski definition) is 7. The van der Waals surface area contributed by atoms with E-state index in [2.05, 4.69) is 10.6 Å². The molecule has 0 saturated carbocycles. The third-order valence-electron chi connectivity index (χ3n) is 4.53. The molecule has 0 spiro atoms. The molecule has 1 aromatic carbocycles. The molecular weight excluding hydrogens is 370 g/mol. The molecule has 4 amide bonds. The third kappa shape index (κ3) is 4.00. The molecule has 0 radical (unpaired) electrons. The lowest BCUT2D eigenvalue weighted by Gasteiger charge is -2.19. The first kappa shape index (κ1) is 19.5. The van der Waals surface area contributed by atoms with Gasteiger partial charge in [-0.05, 0) is 25.5 Å². The lowest BCUT2D eigenvalue weighted by Crippen LogP contribution is -2.43. The highest BCUT2D eigenvalue weighted by molar-refractivity contribution is 6.08. The van der Waals surface area contributed by atoms with Crippen LogP contribution in [0.2, 0.25) is 0 Å². The number of esters is 1. The molecule has 1 aromatic rings. The predicted molar refractivity (Wildman–Crippen MR) is 96.0 cm³/mol. The van der Waals surface area contributed by atoms with Gasteiger partial charge in [0, 0.05) is 11.8 Å². The van der Waals surface area contributed by atoms with E-state index in [-0.39, 0.29) is 0 Å². The number of nitrogens with zero attached hydrogens (tertiary/aromatic N) is 1. The summed E-state index contributed by atoms with van der Waals surface area (Å²) in [6.07, 6.45) is 0.390. The molecule has 2 heterocycles. The van der Waals surface area contributed by atoms with Gasteiger partial charge in [0.2, 0.25) is 0 Å². The van der Waals surface area contributed by atoms with Crippen LogP contribution in [-0.2, 0) is 19.1 Å². The van der Waals surface area contributed by atoms with Crippen molar-refractivity contribution in [2.45, 2.75) is 25.8 Å². The van der Waals surface area contributed by atoms with E-state index < -0.39 is 42.5 Å². The number of rotatable bonds is 6. The monoisotopic (exact) mass is 391 g/mol. The molecule has 2 N–H and O–H groups in total.